The van der Waals surface area contributed by atoms with Crippen LogP contribution in [0.4, 0.5) is 0 Å². The third kappa shape index (κ3) is 3.01. The van der Waals surface area contributed by atoms with Gasteiger partial charge in [0.25, 0.3) is 0 Å². The predicted molar refractivity (Wildman–Crippen MR) is 71.0 cm³/mol. The molecule has 0 heterocycles. The van der Waals surface area contributed by atoms with Gasteiger partial charge >= 0.3 is 0 Å². The largest absolute Gasteiger partial charge is 0.383 e. The van der Waals surface area contributed by atoms with Crippen molar-refractivity contribution in [2.45, 2.75) is 56.9 Å². The van der Waals surface area contributed by atoms with E-state index in [1.165, 1.54) is 51.4 Å². The van der Waals surface area contributed by atoms with Gasteiger partial charge in [0.1, 0.15) is 0 Å². The van der Waals surface area contributed by atoms with E-state index in [-0.39, 0.29) is 5.54 Å². The summed E-state index contributed by atoms with van der Waals surface area (Å²) in [5, 5.41) is 3.64. The minimum absolute atomic E-state index is 0.201. The molecule has 2 fully saturated rings. The SMILES string of the molecule is COCCNC1(CN)CCC2(CCCC2)CC1. The summed E-state index contributed by atoms with van der Waals surface area (Å²) in [5.74, 6) is 0. The summed E-state index contributed by atoms with van der Waals surface area (Å²) < 4.78 is 5.11. The molecule has 1 spiro atoms. The molecule has 2 aliphatic carbocycles. The number of nitrogens with two attached hydrogens (primary N) is 1. The Morgan fingerprint density at radius 1 is 1.06 bits per heavy atom. The van der Waals surface area contributed by atoms with E-state index in [0.717, 1.165) is 19.7 Å². The average Bonchev–Trinajstić information content (AvgIpc) is 2.82. The summed E-state index contributed by atoms with van der Waals surface area (Å²) in [4.78, 5) is 0. The maximum absolute atomic E-state index is 6.00. The summed E-state index contributed by atoms with van der Waals surface area (Å²) in [6.45, 7) is 2.49. The lowest BCUT2D eigenvalue weighted by molar-refractivity contribution is 0.105. The highest BCUT2D eigenvalue weighted by Crippen LogP contribution is 2.50. The molecule has 0 radical (unpaired) electrons. The molecule has 2 aliphatic rings. The van der Waals surface area contributed by atoms with E-state index in [9.17, 15) is 0 Å². The van der Waals surface area contributed by atoms with E-state index in [1.54, 1.807) is 7.11 Å². The fourth-order valence-electron chi connectivity index (χ4n) is 3.76. The minimum atomic E-state index is 0.201. The maximum Gasteiger partial charge on any atom is 0.0587 e. The van der Waals surface area contributed by atoms with Gasteiger partial charge in [0.05, 0.1) is 6.61 Å². The number of methoxy groups -OCH3 is 1. The van der Waals surface area contributed by atoms with E-state index in [1.807, 2.05) is 0 Å². The molecule has 3 heteroatoms. The predicted octanol–water partition coefficient (Wildman–Crippen LogP) is 2.05. The second kappa shape index (κ2) is 5.68. The van der Waals surface area contributed by atoms with Crippen LogP contribution < -0.4 is 11.1 Å². The lowest BCUT2D eigenvalue weighted by Crippen LogP contribution is -2.55. The molecule has 0 aliphatic heterocycles. The smallest absolute Gasteiger partial charge is 0.0587 e. The van der Waals surface area contributed by atoms with Gasteiger partial charge in [0, 0.05) is 25.7 Å². The first-order valence-corrected chi connectivity index (χ1v) is 7.18. The normalized spacial score (nSPS) is 26.5. The molecule has 2 rings (SSSR count). The minimum Gasteiger partial charge on any atom is -0.383 e. The zero-order valence-electron chi connectivity index (χ0n) is 11.3. The Hall–Kier alpha value is -0.120. The Morgan fingerprint density at radius 2 is 1.71 bits per heavy atom. The van der Waals surface area contributed by atoms with Crippen molar-refractivity contribution in [2.75, 3.05) is 26.8 Å². The zero-order valence-corrected chi connectivity index (χ0v) is 11.3. The van der Waals surface area contributed by atoms with Crippen LogP contribution in [0.2, 0.25) is 0 Å². The lowest BCUT2D eigenvalue weighted by atomic mass is 9.66. The van der Waals surface area contributed by atoms with Crippen molar-refractivity contribution in [1.82, 2.24) is 5.32 Å². The Bertz CT molecular complexity index is 226. The topological polar surface area (TPSA) is 47.3 Å². The first-order chi connectivity index (χ1) is 8.24. The molecule has 100 valence electrons. The van der Waals surface area contributed by atoms with Crippen molar-refractivity contribution in [3.05, 3.63) is 0 Å². The fraction of sp³-hybridized carbons (Fsp3) is 1.00. The molecule has 0 atom stereocenters. The van der Waals surface area contributed by atoms with Crippen LogP contribution in [0.25, 0.3) is 0 Å². The average molecular weight is 240 g/mol. The van der Waals surface area contributed by atoms with Crippen LogP contribution in [0.3, 0.4) is 0 Å². The first kappa shape index (κ1) is 13.3. The standard InChI is InChI=1S/C14H28N2O/c1-17-11-10-16-14(12-15)8-6-13(7-9-14)4-2-3-5-13/h16H,2-12,15H2,1H3. The fourth-order valence-corrected chi connectivity index (χ4v) is 3.76. The molecular weight excluding hydrogens is 212 g/mol. The van der Waals surface area contributed by atoms with Gasteiger partial charge in [-0.25, -0.2) is 0 Å². The van der Waals surface area contributed by atoms with Crippen LogP contribution in [-0.2, 0) is 4.74 Å². The van der Waals surface area contributed by atoms with Gasteiger partial charge < -0.3 is 15.8 Å². The molecular formula is C14H28N2O. The molecule has 0 bridgehead atoms. The first-order valence-electron chi connectivity index (χ1n) is 7.18. The summed E-state index contributed by atoms with van der Waals surface area (Å²) in [6, 6.07) is 0. The summed E-state index contributed by atoms with van der Waals surface area (Å²) >= 11 is 0. The van der Waals surface area contributed by atoms with E-state index in [4.69, 9.17) is 10.5 Å². The molecule has 0 aromatic rings. The molecule has 0 aromatic carbocycles. The Kier molecular flexibility index (Phi) is 4.45. The number of hydrogen-bond donors (Lipinski definition) is 2. The quantitative estimate of drug-likeness (QED) is 0.723. The molecule has 0 amide bonds. The van der Waals surface area contributed by atoms with Crippen molar-refractivity contribution >= 4 is 0 Å². The van der Waals surface area contributed by atoms with E-state index in [2.05, 4.69) is 5.32 Å². The molecule has 3 N–H and O–H groups in total. The highest BCUT2D eigenvalue weighted by atomic mass is 16.5. The van der Waals surface area contributed by atoms with Crippen LogP contribution in [0.1, 0.15) is 51.4 Å². The Morgan fingerprint density at radius 3 is 2.24 bits per heavy atom. The molecule has 2 saturated carbocycles. The second-order valence-electron chi connectivity index (χ2n) is 6.11. The van der Waals surface area contributed by atoms with Gasteiger partial charge in [-0.15, -0.1) is 0 Å². The van der Waals surface area contributed by atoms with Gasteiger partial charge in [0.2, 0.25) is 0 Å². The van der Waals surface area contributed by atoms with Crippen molar-refractivity contribution in [3.8, 4) is 0 Å². The van der Waals surface area contributed by atoms with E-state index in [0.29, 0.717) is 5.41 Å². The van der Waals surface area contributed by atoms with Crippen molar-refractivity contribution < 1.29 is 4.74 Å². The molecule has 0 saturated heterocycles. The van der Waals surface area contributed by atoms with Gasteiger partial charge in [0.15, 0.2) is 0 Å². The lowest BCUT2D eigenvalue weighted by Gasteiger charge is -2.45. The zero-order chi connectivity index (χ0) is 12.2. The highest BCUT2D eigenvalue weighted by Gasteiger charge is 2.42. The van der Waals surface area contributed by atoms with Gasteiger partial charge in [-0.2, -0.15) is 0 Å². The Labute approximate surface area is 105 Å². The summed E-state index contributed by atoms with van der Waals surface area (Å²) in [6.07, 6.45) is 11.1. The van der Waals surface area contributed by atoms with Crippen molar-refractivity contribution in [1.29, 1.82) is 0 Å². The van der Waals surface area contributed by atoms with E-state index >= 15 is 0 Å². The third-order valence-corrected chi connectivity index (χ3v) is 5.13. The third-order valence-electron chi connectivity index (χ3n) is 5.13. The number of nitrogens with one attached hydrogen (secondary N) is 1. The monoisotopic (exact) mass is 240 g/mol. The van der Waals surface area contributed by atoms with Crippen LogP contribution in [0.5, 0.6) is 0 Å². The van der Waals surface area contributed by atoms with Gasteiger partial charge in [-0.05, 0) is 43.9 Å². The molecule has 0 aromatic heterocycles. The highest BCUT2D eigenvalue weighted by molar-refractivity contribution is 4.99. The number of rotatable bonds is 5. The number of ether oxygens (including phenoxy) is 1. The maximum atomic E-state index is 6.00. The van der Waals surface area contributed by atoms with Crippen molar-refractivity contribution in [2.24, 2.45) is 11.1 Å². The summed E-state index contributed by atoms with van der Waals surface area (Å²) in [5.41, 5.74) is 6.90. The second-order valence-corrected chi connectivity index (χ2v) is 6.11. The van der Waals surface area contributed by atoms with Crippen LogP contribution >= 0.6 is 0 Å². The Balaban J connectivity index is 1.85. The van der Waals surface area contributed by atoms with Gasteiger partial charge in [-0.3, -0.25) is 0 Å². The van der Waals surface area contributed by atoms with Crippen LogP contribution in [-0.4, -0.2) is 32.3 Å². The van der Waals surface area contributed by atoms with E-state index < -0.39 is 0 Å². The summed E-state index contributed by atoms with van der Waals surface area (Å²) in [7, 11) is 1.76. The molecule has 17 heavy (non-hydrogen) atoms. The van der Waals surface area contributed by atoms with Crippen molar-refractivity contribution in [3.63, 3.8) is 0 Å². The van der Waals surface area contributed by atoms with Crippen LogP contribution in [0, 0.1) is 5.41 Å². The molecule has 3 nitrogen and oxygen atoms in total. The number of hydrogen-bond acceptors (Lipinski definition) is 3. The van der Waals surface area contributed by atoms with Gasteiger partial charge in [-0.1, -0.05) is 12.8 Å². The molecule has 0 unspecified atom stereocenters. The van der Waals surface area contributed by atoms with Crippen LogP contribution in [0.15, 0.2) is 0 Å².